The molecule has 1 atom stereocenters. The van der Waals surface area contributed by atoms with Crippen molar-refractivity contribution in [3.05, 3.63) is 88.4 Å². The minimum absolute atomic E-state index is 0.0344. The molecule has 3 aromatic carbocycles. The monoisotopic (exact) mass is 643 g/mol. The van der Waals surface area contributed by atoms with E-state index in [0.717, 1.165) is 26.3 Å². The number of amides is 2. The molecule has 1 aliphatic rings. The second-order valence-corrected chi connectivity index (χ2v) is 12.7. The van der Waals surface area contributed by atoms with Gasteiger partial charge in [-0.2, -0.15) is 0 Å². The van der Waals surface area contributed by atoms with Crippen molar-refractivity contribution >= 4 is 43.5 Å². The van der Waals surface area contributed by atoms with Crippen LogP contribution in [0.25, 0.3) is 0 Å². The van der Waals surface area contributed by atoms with Gasteiger partial charge < -0.3 is 19.7 Å². The van der Waals surface area contributed by atoms with Gasteiger partial charge in [0.25, 0.3) is 0 Å². The Morgan fingerprint density at radius 2 is 1.68 bits per heavy atom. The van der Waals surface area contributed by atoms with Crippen molar-refractivity contribution in [3.63, 3.8) is 0 Å². The highest BCUT2D eigenvalue weighted by Crippen LogP contribution is 2.36. The van der Waals surface area contributed by atoms with Gasteiger partial charge >= 0.3 is 0 Å². The van der Waals surface area contributed by atoms with E-state index in [-0.39, 0.29) is 37.1 Å². The fourth-order valence-electron chi connectivity index (χ4n) is 4.51. The topological polar surface area (TPSA) is 105 Å². The Morgan fingerprint density at radius 1 is 0.951 bits per heavy atom. The van der Waals surface area contributed by atoms with E-state index in [1.54, 1.807) is 18.2 Å². The van der Waals surface area contributed by atoms with E-state index >= 15 is 0 Å². The van der Waals surface area contributed by atoms with Crippen LogP contribution in [0, 0.1) is 0 Å². The number of ether oxygens (including phenoxy) is 2. The summed E-state index contributed by atoms with van der Waals surface area (Å²) in [5.74, 6) is -0.122. The number of hydrogen-bond acceptors (Lipinski definition) is 6. The smallest absolute Gasteiger partial charge is 0.244 e. The highest BCUT2D eigenvalue weighted by atomic mass is 79.9. The molecule has 0 spiro atoms. The maximum atomic E-state index is 14.2. The van der Waals surface area contributed by atoms with Crippen molar-refractivity contribution < 1.29 is 27.5 Å². The predicted molar refractivity (Wildman–Crippen MR) is 161 cm³/mol. The molecular weight excluding hydrogens is 610 g/mol. The van der Waals surface area contributed by atoms with Crippen LogP contribution in [-0.4, -0.2) is 56.8 Å². The van der Waals surface area contributed by atoms with E-state index in [1.807, 2.05) is 61.5 Å². The fourth-order valence-corrected chi connectivity index (χ4v) is 6.01. The summed E-state index contributed by atoms with van der Waals surface area (Å²) in [5, 5.41) is 2.94. The molecule has 1 N–H and O–H groups in total. The van der Waals surface area contributed by atoms with Gasteiger partial charge in [0.1, 0.15) is 12.6 Å². The van der Waals surface area contributed by atoms with Crippen molar-refractivity contribution in [2.45, 2.75) is 39.3 Å². The summed E-state index contributed by atoms with van der Waals surface area (Å²) < 4.78 is 39.3. The largest absolute Gasteiger partial charge is 0.454 e. The molecule has 11 heteroatoms. The summed E-state index contributed by atoms with van der Waals surface area (Å²) in [4.78, 5) is 29.2. The van der Waals surface area contributed by atoms with Crippen molar-refractivity contribution in [2.24, 2.45) is 0 Å². The lowest BCUT2D eigenvalue weighted by molar-refractivity contribution is -0.140. The number of benzene rings is 3. The first kappa shape index (κ1) is 30.4. The Morgan fingerprint density at radius 3 is 2.39 bits per heavy atom. The van der Waals surface area contributed by atoms with Crippen LogP contribution in [0.3, 0.4) is 0 Å². The molecule has 9 nitrogen and oxygen atoms in total. The van der Waals surface area contributed by atoms with Crippen LogP contribution in [0.4, 0.5) is 5.69 Å². The van der Waals surface area contributed by atoms with Crippen LogP contribution >= 0.6 is 15.9 Å². The lowest BCUT2D eigenvalue weighted by Crippen LogP contribution is -2.53. The molecule has 0 radical (unpaired) electrons. The number of carbonyl (C=O) groups excluding carboxylic acids is 2. The van der Waals surface area contributed by atoms with Crippen LogP contribution in [0.15, 0.2) is 77.3 Å². The molecular formula is C30H34BrN3O6S. The van der Waals surface area contributed by atoms with Gasteiger partial charge in [0.2, 0.25) is 28.6 Å². The molecule has 0 bridgehead atoms. The maximum Gasteiger partial charge on any atom is 0.244 e. The number of halogens is 1. The van der Waals surface area contributed by atoms with Crippen LogP contribution in [0.2, 0.25) is 0 Å². The average molecular weight is 645 g/mol. The number of nitrogens with zero attached hydrogens (tertiary/aromatic N) is 2. The molecule has 0 aliphatic carbocycles. The van der Waals surface area contributed by atoms with Gasteiger partial charge in [-0.05, 0) is 48.7 Å². The van der Waals surface area contributed by atoms with Crippen LogP contribution in [0.1, 0.15) is 31.4 Å². The highest BCUT2D eigenvalue weighted by Gasteiger charge is 2.34. The molecule has 1 aliphatic heterocycles. The lowest BCUT2D eigenvalue weighted by atomic mass is 10.0. The summed E-state index contributed by atoms with van der Waals surface area (Å²) in [6, 6.07) is 20.8. The molecule has 0 saturated carbocycles. The second-order valence-electron chi connectivity index (χ2n) is 9.59. The molecule has 2 amide bonds. The van der Waals surface area contributed by atoms with Crippen molar-refractivity contribution in [1.29, 1.82) is 0 Å². The highest BCUT2D eigenvalue weighted by molar-refractivity contribution is 9.10. The van der Waals surface area contributed by atoms with Gasteiger partial charge in [-0.25, -0.2) is 8.42 Å². The first-order valence-electron chi connectivity index (χ1n) is 13.5. The molecule has 41 heavy (non-hydrogen) atoms. The van der Waals surface area contributed by atoms with E-state index in [2.05, 4.69) is 21.2 Å². The molecule has 3 aromatic rings. The number of rotatable bonds is 13. The normalized spacial score (nSPS) is 13.0. The zero-order valence-corrected chi connectivity index (χ0v) is 25.5. The molecule has 1 heterocycles. The van der Waals surface area contributed by atoms with Crippen molar-refractivity contribution in [1.82, 2.24) is 10.2 Å². The van der Waals surface area contributed by atoms with Gasteiger partial charge in [-0.15, -0.1) is 0 Å². The number of carbonyl (C=O) groups is 2. The number of fused-ring (bicyclic) bond motifs is 1. The summed E-state index contributed by atoms with van der Waals surface area (Å²) in [7, 11) is -3.88. The summed E-state index contributed by atoms with van der Waals surface area (Å²) in [5.41, 5.74) is 1.95. The van der Waals surface area contributed by atoms with Crippen LogP contribution in [-0.2, 0) is 32.6 Å². The average Bonchev–Trinajstić information content (AvgIpc) is 3.45. The van der Waals surface area contributed by atoms with E-state index < -0.39 is 28.5 Å². The quantitative estimate of drug-likeness (QED) is 0.294. The standard InChI is InChI=1S/C30H34BrN3O6S/c1-3-15-32-30(36)26(17-22-9-6-5-7-10-22)33(19-23-11-8-12-24(31)16-23)29(35)20-34(41(37,38)4-2)25-13-14-27-28(18-25)40-21-39-27/h5-14,16,18,26H,3-4,15,17,19-21H2,1-2H3,(H,32,36)/t26-/m0/s1. The molecule has 4 rings (SSSR count). The number of hydrogen-bond donors (Lipinski definition) is 1. The van der Waals surface area contributed by atoms with Crippen LogP contribution < -0.4 is 19.1 Å². The molecule has 0 aromatic heterocycles. The second kappa shape index (κ2) is 13.9. The first-order chi connectivity index (χ1) is 19.7. The Kier molecular flexibility index (Phi) is 10.3. The van der Waals surface area contributed by atoms with E-state index in [1.165, 1.54) is 11.8 Å². The van der Waals surface area contributed by atoms with Crippen LogP contribution in [0.5, 0.6) is 11.5 Å². The molecule has 0 saturated heterocycles. The molecule has 0 fully saturated rings. The van der Waals surface area contributed by atoms with Gasteiger partial charge in [0.05, 0.1) is 11.4 Å². The van der Waals surface area contributed by atoms with E-state index in [0.29, 0.717) is 18.0 Å². The van der Waals surface area contributed by atoms with Crippen molar-refractivity contribution in [2.75, 3.05) is 29.9 Å². The van der Waals surface area contributed by atoms with Gasteiger partial charge in [-0.3, -0.25) is 13.9 Å². The molecule has 0 unspecified atom stereocenters. The van der Waals surface area contributed by atoms with E-state index in [4.69, 9.17) is 9.47 Å². The number of anilines is 1. The Hall–Kier alpha value is -3.57. The zero-order chi connectivity index (χ0) is 29.4. The Labute approximate surface area is 249 Å². The summed E-state index contributed by atoms with van der Waals surface area (Å²) in [6.45, 7) is 3.58. The number of sulfonamides is 1. The minimum Gasteiger partial charge on any atom is -0.454 e. The third-order valence-corrected chi connectivity index (χ3v) is 8.92. The third-order valence-electron chi connectivity index (χ3n) is 6.69. The maximum absolute atomic E-state index is 14.2. The van der Waals surface area contributed by atoms with Gasteiger partial charge in [0.15, 0.2) is 11.5 Å². The first-order valence-corrected chi connectivity index (χ1v) is 15.9. The summed E-state index contributed by atoms with van der Waals surface area (Å²) in [6.07, 6.45) is 0.997. The SMILES string of the molecule is CCCNC(=O)[C@H](Cc1ccccc1)N(Cc1cccc(Br)c1)C(=O)CN(c1ccc2c(c1)OCO2)S(=O)(=O)CC. The van der Waals surface area contributed by atoms with Gasteiger partial charge in [-0.1, -0.05) is 65.3 Å². The molecule has 218 valence electrons. The van der Waals surface area contributed by atoms with Crippen molar-refractivity contribution in [3.8, 4) is 11.5 Å². The predicted octanol–water partition coefficient (Wildman–Crippen LogP) is 4.50. The Balaban J connectivity index is 1.73. The number of nitrogens with one attached hydrogen (secondary N) is 1. The Bertz CT molecular complexity index is 1470. The zero-order valence-electron chi connectivity index (χ0n) is 23.1. The van der Waals surface area contributed by atoms with Gasteiger partial charge in [0, 0.05) is 30.0 Å². The van der Waals surface area contributed by atoms with E-state index in [9.17, 15) is 18.0 Å². The lowest BCUT2D eigenvalue weighted by Gasteiger charge is -2.33. The minimum atomic E-state index is -3.88. The summed E-state index contributed by atoms with van der Waals surface area (Å²) >= 11 is 3.48. The third kappa shape index (κ3) is 7.80. The fraction of sp³-hybridized carbons (Fsp3) is 0.333.